The fourth-order valence-electron chi connectivity index (χ4n) is 4.01. The van der Waals surface area contributed by atoms with Crippen LogP contribution in [-0.4, -0.2) is 38.0 Å². The van der Waals surface area contributed by atoms with Gasteiger partial charge in [0.25, 0.3) is 5.92 Å². The zero-order valence-corrected chi connectivity index (χ0v) is 16.5. The van der Waals surface area contributed by atoms with Crippen molar-refractivity contribution >= 4 is 11.7 Å². The molecule has 1 aromatic heterocycles. The molecule has 0 radical (unpaired) electrons. The van der Waals surface area contributed by atoms with Crippen molar-refractivity contribution in [1.29, 1.82) is 5.26 Å². The largest absolute Gasteiger partial charge is 0.384 e. The number of urea groups is 1. The number of aliphatic hydroxyl groups is 1. The standard InChI is InChI=1S/C21H20F3N5O2/c1-2-20(31)6-7-21(23,24)18-15-11-28(8-5-17(15)27-29(18)12-20)19(30)26-14-3-4-16(22)13(9-14)10-25/h2-4,9,31H,1,5-8,11-12H2,(H,26,30)/t20-/m1/s1. The highest BCUT2D eigenvalue weighted by Gasteiger charge is 2.46. The van der Waals surface area contributed by atoms with Crippen molar-refractivity contribution in [3.63, 3.8) is 0 Å². The van der Waals surface area contributed by atoms with Crippen LogP contribution in [0.4, 0.5) is 23.7 Å². The summed E-state index contributed by atoms with van der Waals surface area (Å²) in [6.45, 7) is 3.59. The van der Waals surface area contributed by atoms with Gasteiger partial charge in [0.2, 0.25) is 0 Å². The number of benzene rings is 1. The first-order chi connectivity index (χ1) is 14.7. The summed E-state index contributed by atoms with van der Waals surface area (Å²) < 4.78 is 44.6. The van der Waals surface area contributed by atoms with Crippen LogP contribution in [0.15, 0.2) is 30.9 Å². The summed E-state index contributed by atoms with van der Waals surface area (Å²) in [5.74, 6) is -3.92. The van der Waals surface area contributed by atoms with Crippen LogP contribution >= 0.6 is 0 Å². The van der Waals surface area contributed by atoms with Gasteiger partial charge in [0.1, 0.15) is 23.2 Å². The van der Waals surface area contributed by atoms with E-state index in [0.29, 0.717) is 5.69 Å². The maximum absolute atomic E-state index is 15.0. The van der Waals surface area contributed by atoms with E-state index in [1.807, 2.05) is 0 Å². The van der Waals surface area contributed by atoms with Crippen LogP contribution in [0.5, 0.6) is 0 Å². The molecule has 2 aromatic rings. The second-order valence-electron chi connectivity index (χ2n) is 7.85. The second kappa shape index (κ2) is 7.42. The minimum absolute atomic E-state index is 0.0785. The van der Waals surface area contributed by atoms with Crippen LogP contribution in [0.3, 0.4) is 0 Å². The fourth-order valence-corrected chi connectivity index (χ4v) is 4.01. The van der Waals surface area contributed by atoms with Gasteiger partial charge in [-0.1, -0.05) is 6.08 Å². The third-order valence-electron chi connectivity index (χ3n) is 5.75. The van der Waals surface area contributed by atoms with Crippen LogP contribution in [-0.2, 0) is 25.4 Å². The number of carbonyl (C=O) groups excluding carboxylic acids is 1. The highest BCUT2D eigenvalue weighted by atomic mass is 19.3. The molecular formula is C21H20F3N5O2. The lowest BCUT2D eigenvalue weighted by atomic mass is 9.95. The lowest BCUT2D eigenvalue weighted by Gasteiger charge is -2.28. The Morgan fingerprint density at radius 2 is 2.16 bits per heavy atom. The number of halogens is 3. The van der Waals surface area contributed by atoms with E-state index < -0.39 is 29.8 Å². The van der Waals surface area contributed by atoms with E-state index in [1.54, 1.807) is 6.07 Å². The Morgan fingerprint density at radius 1 is 1.39 bits per heavy atom. The molecule has 0 unspecified atom stereocenters. The van der Waals surface area contributed by atoms with Gasteiger partial charge in [-0.25, -0.2) is 9.18 Å². The van der Waals surface area contributed by atoms with Crippen LogP contribution in [0.1, 0.15) is 35.4 Å². The minimum Gasteiger partial charge on any atom is -0.384 e. The molecule has 4 rings (SSSR count). The van der Waals surface area contributed by atoms with Gasteiger partial charge in [0.15, 0.2) is 0 Å². The summed E-state index contributed by atoms with van der Waals surface area (Å²) in [6.07, 6.45) is 0.818. The number of nitrogens with one attached hydrogen (secondary N) is 1. The summed E-state index contributed by atoms with van der Waals surface area (Å²) in [6, 6.07) is 4.74. The number of alkyl halides is 2. The van der Waals surface area contributed by atoms with Gasteiger partial charge >= 0.3 is 6.03 Å². The molecule has 3 heterocycles. The Morgan fingerprint density at radius 3 is 2.87 bits per heavy atom. The number of aromatic nitrogens is 2. The smallest absolute Gasteiger partial charge is 0.322 e. The zero-order valence-electron chi connectivity index (χ0n) is 16.5. The van der Waals surface area contributed by atoms with Gasteiger partial charge in [0.05, 0.1) is 24.3 Å². The van der Waals surface area contributed by atoms with Gasteiger partial charge < -0.3 is 15.3 Å². The Hall–Kier alpha value is -3.32. The first-order valence-electron chi connectivity index (χ1n) is 9.74. The number of hydrogen-bond acceptors (Lipinski definition) is 4. The Kier molecular flexibility index (Phi) is 5.01. The first-order valence-corrected chi connectivity index (χ1v) is 9.74. The quantitative estimate of drug-likeness (QED) is 0.714. The second-order valence-corrected chi connectivity index (χ2v) is 7.85. The van der Waals surface area contributed by atoms with Gasteiger partial charge in [-0.05, 0) is 24.6 Å². The van der Waals surface area contributed by atoms with Gasteiger partial charge in [0, 0.05) is 30.6 Å². The summed E-state index contributed by atoms with van der Waals surface area (Å²) in [5.41, 5.74) is -1.01. The Bertz CT molecular complexity index is 1110. The molecule has 2 aliphatic rings. The molecule has 162 valence electrons. The molecule has 1 aromatic carbocycles. The maximum Gasteiger partial charge on any atom is 0.322 e. The number of hydrogen-bond donors (Lipinski definition) is 2. The lowest BCUT2D eigenvalue weighted by Crippen LogP contribution is -2.39. The van der Waals surface area contributed by atoms with Crippen molar-refractivity contribution in [3.05, 3.63) is 59.2 Å². The van der Waals surface area contributed by atoms with Crippen molar-refractivity contribution in [1.82, 2.24) is 14.7 Å². The van der Waals surface area contributed by atoms with Crippen LogP contribution in [0.2, 0.25) is 0 Å². The number of nitrogens with zero attached hydrogens (tertiary/aromatic N) is 4. The molecular weight excluding hydrogens is 411 g/mol. The predicted molar refractivity (Wildman–Crippen MR) is 105 cm³/mol. The topological polar surface area (TPSA) is 94.2 Å². The number of fused-ring (bicyclic) bond motifs is 3. The molecule has 2 N–H and O–H groups in total. The number of anilines is 1. The minimum atomic E-state index is -3.22. The molecule has 2 aliphatic heterocycles. The van der Waals surface area contributed by atoms with Crippen LogP contribution in [0, 0.1) is 17.1 Å². The zero-order chi connectivity index (χ0) is 22.4. The van der Waals surface area contributed by atoms with Crippen LogP contribution in [0.25, 0.3) is 0 Å². The molecule has 0 bridgehead atoms. The first kappa shape index (κ1) is 20.9. The normalized spacial score (nSPS) is 22.0. The van der Waals surface area contributed by atoms with Gasteiger partial charge in [-0.3, -0.25) is 4.68 Å². The van der Waals surface area contributed by atoms with E-state index in [2.05, 4.69) is 17.0 Å². The van der Waals surface area contributed by atoms with Crippen LogP contribution < -0.4 is 5.32 Å². The Balaban J connectivity index is 1.60. The van der Waals surface area contributed by atoms with E-state index in [0.717, 1.165) is 10.7 Å². The van der Waals surface area contributed by atoms with E-state index in [1.165, 1.54) is 23.1 Å². The van der Waals surface area contributed by atoms with Gasteiger partial charge in [-0.15, -0.1) is 6.58 Å². The molecule has 0 aliphatic carbocycles. The molecule has 7 nitrogen and oxygen atoms in total. The highest BCUT2D eigenvalue weighted by Crippen LogP contribution is 2.42. The van der Waals surface area contributed by atoms with Crippen molar-refractivity contribution in [2.75, 3.05) is 11.9 Å². The third kappa shape index (κ3) is 3.77. The lowest BCUT2D eigenvalue weighted by molar-refractivity contribution is -0.0311. The average molecular weight is 431 g/mol. The monoisotopic (exact) mass is 431 g/mol. The molecule has 0 fully saturated rings. The predicted octanol–water partition coefficient (Wildman–Crippen LogP) is 3.29. The summed E-state index contributed by atoms with van der Waals surface area (Å²) in [7, 11) is 0. The SMILES string of the molecule is C=C[C@@]1(O)CCC(F)(F)c2c3c(nn2C1)CCN(C(=O)Nc1ccc(F)c(C#N)c1)C3. The van der Waals surface area contributed by atoms with E-state index in [9.17, 15) is 23.1 Å². The van der Waals surface area contributed by atoms with Crippen molar-refractivity contribution < 1.29 is 23.1 Å². The van der Waals surface area contributed by atoms with E-state index in [4.69, 9.17) is 5.26 Å². The molecule has 0 saturated heterocycles. The number of rotatable bonds is 2. The van der Waals surface area contributed by atoms with Crippen molar-refractivity contribution in [3.8, 4) is 6.07 Å². The number of carbonyl (C=O) groups is 1. The molecule has 31 heavy (non-hydrogen) atoms. The third-order valence-corrected chi connectivity index (χ3v) is 5.75. The maximum atomic E-state index is 15.0. The van der Waals surface area contributed by atoms with Crippen molar-refractivity contribution in [2.24, 2.45) is 0 Å². The molecule has 1 atom stereocenters. The molecule has 0 saturated carbocycles. The molecule has 2 amide bonds. The highest BCUT2D eigenvalue weighted by molar-refractivity contribution is 5.89. The number of amides is 2. The van der Waals surface area contributed by atoms with Gasteiger partial charge in [-0.2, -0.15) is 19.1 Å². The molecule has 0 spiro atoms. The van der Waals surface area contributed by atoms with E-state index >= 15 is 0 Å². The summed E-state index contributed by atoms with van der Waals surface area (Å²) in [4.78, 5) is 14.1. The molecule has 10 heteroatoms. The van der Waals surface area contributed by atoms with E-state index in [-0.39, 0.29) is 55.0 Å². The summed E-state index contributed by atoms with van der Waals surface area (Å²) in [5, 5.41) is 26.3. The fraction of sp³-hybridized carbons (Fsp3) is 0.381. The Labute approximate surface area is 176 Å². The van der Waals surface area contributed by atoms with Crippen molar-refractivity contribution in [2.45, 2.75) is 43.9 Å². The average Bonchev–Trinajstić information content (AvgIpc) is 3.06. The summed E-state index contributed by atoms with van der Waals surface area (Å²) >= 11 is 0. The number of nitriles is 1.